The molecule has 0 bridgehead atoms. The topological polar surface area (TPSA) is 287 Å². The molecule has 0 atom stereocenters. The van der Waals surface area contributed by atoms with E-state index in [0.29, 0.717) is 42.2 Å². The normalized spacial score (nSPS) is 13.5. The van der Waals surface area contributed by atoms with Crippen LogP contribution in [0.1, 0.15) is 11.1 Å². The lowest BCUT2D eigenvalue weighted by Gasteiger charge is -2.08. The third-order valence-corrected chi connectivity index (χ3v) is 10.5. The molecule has 334 valence electrons. The average molecular weight is 893 g/mol. The van der Waals surface area contributed by atoms with Crippen LogP contribution in [-0.4, -0.2) is 139 Å². The van der Waals surface area contributed by atoms with Crippen molar-refractivity contribution in [3.8, 4) is 34.7 Å². The van der Waals surface area contributed by atoms with Crippen molar-refractivity contribution in [2.24, 2.45) is 5.73 Å². The number of hydrogen-bond acceptors (Lipinski definition) is 20. The van der Waals surface area contributed by atoms with E-state index in [1.165, 1.54) is 48.1 Å². The predicted octanol–water partition coefficient (Wildman–Crippen LogP) is 2.36. The van der Waals surface area contributed by atoms with E-state index >= 15 is 0 Å². The number of sulfone groups is 1. The standard InChI is InChI=1S/C20H22N8O2.C12H18N2O.C9H8N6O3S/c21-18-24-19(25-20-23-17(26-28(18)20)16-2-1-12-30-16)22-8-7-14-3-5-15(6-4-14)29-13-11-27-9-10-27;13-6-5-11-1-3-12(4-2-11)15-10-9-14-7-8-14;1-19(16,17)9-12-7(10)15-8(13-9)11-6(14-15)5-3-2-4-18-5/h1-6,12H,7-11,13H2,(H3,21,22,23,24,25,26);1-4H,5-10,13H2;2-4H,1H3,(H2,10,11,12,13,14). The summed E-state index contributed by atoms with van der Waals surface area (Å²) in [5, 5.41) is 11.1. The number of nitrogens with two attached hydrogens (primary N) is 3. The molecule has 2 aromatic carbocycles. The Kier molecular flexibility index (Phi) is 13.5. The van der Waals surface area contributed by atoms with E-state index in [1.807, 2.05) is 24.3 Å². The second-order valence-corrected chi connectivity index (χ2v) is 16.6. The van der Waals surface area contributed by atoms with Gasteiger partial charge in [-0.25, -0.2) is 8.42 Å². The van der Waals surface area contributed by atoms with Gasteiger partial charge in [-0.15, -0.1) is 10.2 Å². The number of benzene rings is 2. The average Bonchev–Trinajstić information content (AvgIpc) is 3.94. The zero-order valence-corrected chi connectivity index (χ0v) is 35.8. The van der Waals surface area contributed by atoms with Crippen LogP contribution in [0.3, 0.4) is 0 Å². The minimum absolute atomic E-state index is 0.0410. The highest BCUT2D eigenvalue weighted by molar-refractivity contribution is 7.90. The summed E-state index contributed by atoms with van der Waals surface area (Å²) in [7, 11) is -3.57. The highest BCUT2D eigenvalue weighted by Gasteiger charge is 2.19. The Bertz CT molecular complexity index is 2840. The summed E-state index contributed by atoms with van der Waals surface area (Å²) in [5.74, 6) is 4.39. The van der Waals surface area contributed by atoms with Crippen molar-refractivity contribution in [1.29, 1.82) is 0 Å². The van der Waals surface area contributed by atoms with Crippen molar-refractivity contribution in [3.63, 3.8) is 0 Å². The second-order valence-electron chi connectivity index (χ2n) is 14.7. The summed E-state index contributed by atoms with van der Waals surface area (Å²) in [6, 6.07) is 23.2. The van der Waals surface area contributed by atoms with E-state index in [4.69, 9.17) is 35.5 Å². The SMILES string of the molecule is CS(=O)(=O)c1nc(N)n2nc(-c3ccco3)nc2n1.NCCc1ccc(OCCN2CC2)cc1.Nc1nc(NCCc2ccc(OCCN3CC3)cc2)nc2nc(-c3ccco3)nn12. The van der Waals surface area contributed by atoms with Gasteiger partial charge in [0.25, 0.3) is 16.7 Å². The van der Waals surface area contributed by atoms with Crippen LogP contribution in [0.4, 0.5) is 17.8 Å². The molecule has 2 fully saturated rings. The Hall–Kier alpha value is -7.21. The smallest absolute Gasteiger partial charge is 0.259 e. The van der Waals surface area contributed by atoms with Gasteiger partial charge in [0.2, 0.25) is 39.3 Å². The molecule has 2 aliphatic heterocycles. The lowest BCUT2D eigenvalue weighted by molar-refractivity contribution is 0.291. The van der Waals surface area contributed by atoms with Crippen LogP contribution in [0.5, 0.6) is 11.5 Å². The molecule has 6 aromatic heterocycles. The Morgan fingerprint density at radius 2 is 1.16 bits per heavy atom. The molecule has 2 aliphatic rings. The first-order valence-electron chi connectivity index (χ1n) is 20.5. The molecule has 8 aromatic rings. The molecule has 0 amide bonds. The lowest BCUT2D eigenvalue weighted by atomic mass is 10.1. The van der Waals surface area contributed by atoms with Gasteiger partial charge in [0.1, 0.15) is 24.7 Å². The number of furan rings is 2. The van der Waals surface area contributed by atoms with E-state index < -0.39 is 15.0 Å². The Morgan fingerprint density at radius 1 is 0.656 bits per heavy atom. The molecular weight excluding hydrogens is 845 g/mol. The van der Waals surface area contributed by atoms with Crippen LogP contribution >= 0.6 is 0 Å². The Labute approximate surface area is 367 Å². The fourth-order valence-corrected chi connectivity index (χ4v) is 6.53. The predicted molar refractivity (Wildman–Crippen MR) is 236 cm³/mol. The number of nitrogens with one attached hydrogen (secondary N) is 1. The van der Waals surface area contributed by atoms with Gasteiger partial charge in [-0.05, 0) is 79.0 Å². The number of nitrogen functional groups attached to an aromatic ring is 2. The molecule has 0 aliphatic carbocycles. The van der Waals surface area contributed by atoms with Gasteiger partial charge in [0.15, 0.2) is 11.5 Å². The number of anilines is 3. The van der Waals surface area contributed by atoms with E-state index in [1.54, 1.807) is 30.5 Å². The molecule has 10 rings (SSSR count). The largest absolute Gasteiger partial charge is 0.492 e. The molecule has 64 heavy (non-hydrogen) atoms. The molecule has 22 nitrogen and oxygen atoms in total. The van der Waals surface area contributed by atoms with Crippen molar-refractivity contribution in [3.05, 3.63) is 96.4 Å². The number of nitrogens with zero attached hydrogens (tertiary/aromatic N) is 12. The first-order valence-corrected chi connectivity index (χ1v) is 22.4. The van der Waals surface area contributed by atoms with E-state index in [2.05, 4.69) is 79.5 Å². The van der Waals surface area contributed by atoms with E-state index in [-0.39, 0.29) is 23.5 Å². The van der Waals surface area contributed by atoms with Crippen LogP contribution in [0.2, 0.25) is 0 Å². The second kappa shape index (κ2) is 19.9. The number of fused-ring (bicyclic) bond motifs is 2. The number of aromatic nitrogens is 10. The van der Waals surface area contributed by atoms with E-state index in [0.717, 1.165) is 61.4 Å². The van der Waals surface area contributed by atoms with Gasteiger partial charge in [-0.3, -0.25) is 9.80 Å². The fourth-order valence-electron chi connectivity index (χ4n) is 6.02. The number of rotatable bonds is 17. The summed E-state index contributed by atoms with van der Waals surface area (Å²) in [5.41, 5.74) is 19.6. The van der Waals surface area contributed by atoms with Crippen molar-refractivity contribution in [2.75, 3.05) is 88.6 Å². The van der Waals surface area contributed by atoms with Gasteiger partial charge >= 0.3 is 0 Å². The van der Waals surface area contributed by atoms with Gasteiger partial charge < -0.3 is 40.8 Å². The lowest BCUT2D eigenvalue weighted by Crippen LogP contribution is -2.12. The monoisotopic (exact) mass is 892 g/mol. The first kappa shape index (κ1) is 43.4. The highest BCUT2D eigenvalue weighted by atomic mass is 32.2. The fraction of sp³-hybridized carbons (Fsp3) is 0.317. The van der Waals surface area contributed by atoms with Crippen molar-refractivity contribution >= 4 is 39.2 Å². The van der Waals surface area contributed by atoms with Crippen molar-refractivity contribution in [2.45, 2.75) is 18.0 Å². The minimum Gasteiger partial charge on any atom is -0.492 e. The van der Waals surface area contributed by atoms with Crippen LogP contribution in [0.15, 0.2) is 99.3 Å². The third kappa shape index (κ3) is 11.8. The summed E-state index contributed by atoms with van der Waals surface area (Å²) >= 11 is 0. The number of hydrogen-bond donors (Lipinski definition) is 4. The molecule has 23 heteroatoms. The van der Waals surface area contributed by atoms with Crippen molar-refractivity contribution < 1.29 is 26.7 Å². The minimum atomic E-state index is -3.57. The highest BCUT2D eigenvalue weighted by Crippen LogP contribution is 2.20. The molecule has 0 radical (unpaired) electrons. The number of ether oxygens (including phenoxy) is 2. The Morgan fingerprint density at radius 3 is 1.62 bits per heavy atom. The third-order valence-electron chi connectivity index (χ3n) is 9.67. The van der Waals surface area contributed by atoms with Crippen LogP contribution < -0.4 is 32.0 Å². The summed E-state index contributed by atoms with van der Waals surface area (Å²) in [6.07, 6.45) is 5.77. The van der Waals surface area contributed by atoms with Gasteiger partial charge in [-0.2, -0.15) is 38.9 Å². The zero-order valence-electron chi connectivity index (χ0n) is 35.0. The van der Waals surface area contributed by atoms with Gasteiger partial charge in [0, 0.05) is 52.1 Å². The van der Waals surface area contributed by atoms with Crippen LogP contribution in [-0.2, 0) is 22.7 Å². The zero-order chi connectivity index (χ0) is 44.5. The molecule has 2 saturated heterocycles. The Balaban J connectivity index is 0.000000141. The van der Waals surface area contributed by atoms with E-state index in [9.17, 15) is 8.42 Å². The van der Waals surface area contributed by atoms with Gasteiger partial charge in [-0.1, -0.05) is 24.3 Å². The summed E-state index contributed by atoms with van der Waals surface area (Å²) in [4.78, 5) is 29.2. The molecule has 0 spiro atoms. The maximum absolute atomic E-state index is 11.4. The molecular formula is C41H48N16O6S. The molecule has 0 saturated carbocycles. The van der Waals surface area contributed by atoms with Crippen LogP contribution in [0.25, 0.3) is 34.7 Å². The molecule has 8 heterocycles. The molecule has 0 unspecified atom stereocenters. The quantitative estimate of drug-likeness (QED) is 0.0954. The van der Waals surface area contributed by atoms with Crippen LogP contribution in [0, 0.1) is 0 Å². The maximum atomic E-state index is 11.4. The van der Waals surface area contributed by atoms with Gasteiger partial charge in [0.05, 0.1) is 12.5 Å². The summed E-state index contributed by atoms with van der Waals surface area (Å²) < 4.78 is 47.2. The maximum Gasteiger partial charge on any atom is 0.259 e. The summed E-state index contributed by atoms with van der Waals surface area (Å²) in [6.45, 7) is 9.78. The van der Waals surface area contributed by atoms with Crippen molar-refractivity contribution in [1.82, 2.24) is 58.9 Å². The first-order chi connectivity index (χ1) is 31.1. The molecule has 7 N–H and O–H groups in total.